The van der Waals surface area contributed by atoms with Crippen molar-refractivity contribution in [3.63, 3.8) is 0 Å². The number of hydrogen-bond donors (Lipinski definition) is 2. The van der Waals surface area contributed by atoms with Crippen molar-refractivity contribution in [2.24, 2.45) is 10.7 Å². The van der Waals surface area contributed by atoms with Crippen LogP contribution in [-0.4, -0.2) is 45.4 Å². The number of ether oxygens (including phenoxy) is 1. The first kappa shape index (κ1) is 20.5. The summed E-state index contributed by atoms with van der Waals surface area (Å²) in [5.41, 5.74) is 7.44. The molecule has 0 bridgehead atoms. The largest absolute Gasteiger partial charge is 0.476 e. The number of aliphatic imine (C=N–C) groups is 1. The number of amidine groups is 1. The molecule has 9 heteroatoms. The molecule has 0 spiro atoms. The topological polar surface area (TPSA) is 102 Å². The molecule has 0 aliphatic carbocycles. The van der Waals surface area contributed by atoms with Gasteiger partial charge in [0.25, 0.3) is 5.91 Å². The van der Waals surface area contributed by atoms with Gasteiger partial charge in [0, 0.05) is 17.2 Å². The van der Waals surface area contributed by atoms with Crippen LogP contribution in [0.3, 0.4) is 0 Å². The van der Waals surface area contributed by atoms with Gasteiger partial charge in [0.1, 0.15) is 5.69 Å². The number of carbonyl (C=O) groups is 1. The molecule has 148 valence electrons. The molecule has 3 rings (SSSR count). The summed E-state index contributed by atoms with van der Waals surface area (Å²) in [6.07, 6.45) is 5.77. The third-order valence-corrected chi connectivity index (χ3v) is 5.71. The van der Waals surface area contributed by atoms with E-state index in [9.17, 15) is 4.79 Å². The average Bonchev–Trinajstić information content (AvgIpc) is 2.69. The quantitative estimate of drug-likeness (QED) is 0.667. The van der Waals surface area contributed by atoms with Gasteiger partial charge in [0.05, 0.1) is 24.5 Å². The Morgan fingerprint density at radius 1 is 1.39 bits per heavy atom. The number of hydrogen-bond acceptors (Lipinski definition) is 8. The number of amides is 1. The molecule has 0 saturated heterocycles. The van der Waals surface area contributed by atoms with Crippen LogP contribution in [-0.2, 0) is 5.54 Å². The highest BCUT2D eigenvalue weighted by Gasteiger charge is 2.29. The minimum absolute atomic E-state index is 0.227. The van der Waals surface area contributed by atoms with Crippen molar-refractivity contribution >= 4 is 40.3 Å². The molecule has 1 aromatic carbocycles. The number of aromatic nitrogens is 2. The Balaban J connectivity index is 1.68. The molecule has 1 aliphatic heterocycles. The molecule has 1 amide bonds. The van der Waals surface area contributed by atoms with Gasteiger partial charge in [0.2, 0.25) is 5.88 Å². The highest BCUT2D eigenvalue weighted by atomic mass is 32.2. The summed E-state index contributed by atoms with van der Waals surface area (Å²) in [5.74, 6) is 1.87. The second-order valence-corrected chi connectivity index (χ2v) is 8.54. The van der Waals surface area contributed by atoms with Crippen LogP contribution >= 0.6 is 23.5 Å². The van der Waals surface area contributed by atoms with Crippen LogP contribution in [0.4, 0.5) is 5.69 Å². The van der Waals surface area contributed by atoms with E-state index in [2.05, 4.69) is 27.2 Å². The number of nitrogens with one attached hydrogen (secondary N) is 1. The van der Waals surface area contributed by atoms with Crippen molar-refractivity contribution in [3.8, 4) is 5.88 Å². The standard InChI is InChI=1S/C19H23N5O2S2/c1-19(6-8-28-18(20)24-19)13-4-3-5-14(10-13)23-17(25)15-11-22-16(12-21-15)26-7-9-27-2/h3-5,10-12H,6-9H2,1-2H3,(H2,20,24)(H,23,25)/t19-/m0/s1. The Morgan fingerprint density at radius 3 is 2.96 bits per heavy atom. The summed E-state index contributed by atoms with van der Waals surface area (Å²) in [6.45, 7) is 2.61. The molecular formula is C19H23N5O2S2. The summed E-state index contributed by atoms with van der Waals surface area (Å²) in [7, 11) is 0. The van der Waals surface area contributed by atoms with E-state index in [-0.39, 0.29) is 17.1 Å². The first-order valence-corrected chi connectivity index (χ1v) is 11.2. The molecule has 28 heavy (non-hydrogen) atoms. The average molecular weight is 418 g/mol. The first-order valence-electron chi connectivity index (χ1n) is 8.84. The highest BCUT2D eigenvalue weighted by molar-refractivity contribution is 8.13. The zero-order valence-corrected chi connectivity index (χ0v) is 17.5. The van der Waals surface area contributed by atoms with Gasteiger partial charge in [0.15, 0.2) is 5.17 Å². The highest BCUT2D eigenvalue weighted by Crippen LogP contribution is 2.35. The van der Waals surface area contributed by atoms with Crippen molar-refractivity contribution in [1.82, 2.24) is 9.97 Å². The van der Waals surface area contributed by atoms with Crippen molar-refractivity contribution in [2.45, 2.75) is 18.9 Å². The van der Waals surface area contributed by atoms with Crippen LogP contribution in [0, 0.1) is 0 Å². The van der Waals surface area contributed by atoms with Crippen LogP contribution in [0.15, 0.2) is 41.7 Å². The molecule has 1 atom stereocenters. The minimum Gasteiger partial charge on any atom is -0.476 e. The molecule has 1 aromatic heterocycles. The maximum absolute atomic E-state index is 12.5. The summed E-state index contributed by atoms with van der Waals surface area (Å²) in [5, 5.41) is 3.46. The number of thioether (sulfide) groups is 2. The van der Waals surface area contributed by atoms with E-state index in [0.717, 1.165) is 23.5 Å². The van der Waals surface area contributed by atoms with E-state index in [1.165, 1.54) is 12.4 Å². The third kappa shape index (κ3) is 5.17. The number of nitrogens with zero attached hydrogens (tertiary/aromatic N) is 3. The van der Waals surface area contributed by atoms with Gasteiger partial charge >= 0.3 is 0 Å². The van der Waals surface area contributed by atoms with Crippen molar-refractivity contribution in [1.29, 1.82) is 0 Å². The summed E-state index contributed by atoms with van der Waals surface area (Å²) in [6, 6.07) is 7.67. The predicted octanol–water partition coefficient (Wildman–Crippen LogP) is 3.14. The lowest BCUT2D eigenvalue weighted by Crippen LogP contribution is -2.28. The van der Waals surface area contributed by atoms with Crippen LogP contribution in [0.5, 0.6) is 5.88 Å². The number of nitrogens with two attached hydrogens (primary N) is 1. The maximum Gasteiger partial charge on any atom is 0.275 e. The zero-order valence-electron chi connectivity index (χ0n) is 15.8. The number of anilines is 1. The van der Waals surface area contributed by atoms with Gasteiger partial charge in [-0.2, -0.15) is 11.8 Å². The van der Waals surface area contributed by atoms with E-state index in [1.54, 1.807) is 23.5 Å². The van der Waals surface area contributed by atoms with Crippen LogP contribution in [0.25, 0.3) is 0 Å². The van der Waals surface area contributed by atoms with Crippen molar-refractivity contribution < 1.29 is 9.53 Å². The lowest BCUT2D eigenvalue weighted by molar-refractivity contribution is 0.102. The molecule has 7 nitrogen and oxygen atoms in total. The predicted molar refractivity (Wildman–Crippen MR) is 116 cm³/mol. The normalized spacial score (nSPS) is 19.0. The first-order chi connectivity index (χ1) is 13.5. The van der Waals surface area contributed by atoms with E-state index < -0.39 is 0 Å². The fraction of sp³-hybridized carbons (Fsp3) is 0.368. The summed E-state index contributed by atoms with van der Waals surface area (Å²) < 4.78 is 5.45. The molecule has 0 unspecified atom stereocenters. The van der Waals surface area contributed by atoms with Gasteiger partial charge in [-0.1, -0.05) is 23.9 Å². The van der Waals surface area contributed by atoms with Gasteiger partial charge in [-0.15, -0.1) is 0 Å². The lowest BCUT2D eigenvalue weighted by Gasteiger charge is -2.30. The van der Waals surface area contributed by atoms with Crippen LogP contribution < -0.4 is 15.8 Å². The van der Waals surface area contributed by atoms with E-state index in [1.807, 2.05) is 30.5 Å². The van der Waals surface area contributed by atoms with E-state index >= 15 is 0 Å². The van der Waals surface area contributed by atoms with Crippen molar-refractivity contribution in [2.75, 3.05) is 29.7 Å². The van der Waals surface area contributed by atoms with Gasteiger partial charge in [-0.05, 0) is 37.3 Å². The Labute approximate surface area is 173 Å². The number of rotatable bonds is 7. The van der Waals surface area contributed by atoms with Gasteiger partial charge in [-0.3, -0.25) is 9.79 Å². The maximum atomic E-state index is 12.5. The Morgan fingerprint density at radius 2 is 2.25 bits per heavy atom. The van der Waals surface area contributed by atoms with E-state index in [0.29, 0.717) is 23.3 Å². The second kappa shape index (κ2) is 9.29. The van der Waals surface area contributed by atoms with Crippen LogP contribution in [0.2, 0.25) is 0 Å². The molecule has 1 aliphatic rings. The molecule has 3 N–H and O–H groups in total. The number of carbonyl (C=O) groups excluding carboxylic acids is 1. The van der Waals surface area contributed by atoms with Gasteiger partial charge in [-0.25, -0.2) is 9.97 Å². The smallest absolute Gasteiger partial charge is 0.275 e. The van der Waals surface area contributed by atoms with Gasteiger partial charge < -0.3 is 15.8 Å². The fourth-order valence-electron chi connectivity index (χ4n) is 2.76. The third-order valence-electron chi connectivity index (χ3n) is 4.34. The fourth-order valence-corrected chi connectivity index (χ4v) is 3.98. The van der Waals surface area contributed by atoms with Crippen molar-refractivity contribution in [3.05, 3.63) is 47.9 Å². The molecular weight excluding hydrogens is 394 g/mol. The minimum atomic E-state index is -0.383. The Bertz CT molecular complexity index is 860. The zero-order chi connectivity index (χ0) is 20.0. The Kier molecular flexibility index (Phi) is 6.79. The molecule has 0 fully saturated rings. The molecule has 0 saturated carbocycles. The molecule has 0 radical (unpaired) electrons. The SMILES string of the molecule is CSCCOc1cnc(C(=O)Nc2cccc([C@]3(C)CCSC(N)=N3)c2)cn1. The van der Waals surface area contributed by atoms with Crippen LogP contribution in [0.1, 0.15) is 29.4 Å². The summed E-state index contributed by atoms with van der Waals surface area (Å²) in [4.78, 5) is 25.4. The monoisotopic (exact) mass is 417 g/mol. The molecule has 2 aromatic rings. The number of benzene rings is 1. The Hall–Kier alpha value is -2.26. The lowest BCUT2D eigenvalue weighted by atomic mass is 9.89. The second-order valence-electron chi connectivity index (χ2n) is 6.44. The van der Waals surface area contributed by atoms with E-state index in [4.69, 9.17) is 10.5 Å². The summed E-state index contributed by atoms with van der Waals surface area (Å²) >= 11 is 3.25. The molecule has 2 heterocycles.